The number of aromatic carboxylic acids is 1. The van der Waals surface area contributed by atoms with Crippen LogP contribution in [0.3, 0.4) is 0 Å². The summed E-state index contributed by atoms with van der Waals surface area (Å²) in [5.74, 6) is -0.622. The zero-order valence-electron chi connectivity index (χ0n) is 11.9. The second-order valence-corrected chi connectivity index (χ2v) is 6.29. The number of nitrogens with zero attached hydrogens (tertiary/aromatic N) is 1. The highest BCUT2D eigenvalue weighted by Gasteiger charge is 2.18. The van der Waals surface area contributed by atoms with Crippen LogP contribution in [-0.4, -0.2) is 27.3 Å². The van der Waals surface area contributed by atoms with Gasteiger partial charge in [0.1, 0.15) is 11.1 Å². The van der Waals surface area contributed by atoms with E-state index in [1.165, 1.54) is 11.8 Å². The smallest absolute Gasteiger partial charge is 0.339 e. The molecule has 0 fully saturated rings. The van der Waals surface area contributed by atoms with Crippen molar-refractivity contribution in [3.63, 3.8) is 0 Å². The topological polar surface area (TPSA) is 78.0 Å². The zero-order chi connectivity index (χ0) is 16.6. The zero-order valence-corrected chi connectivity index (χ0v) is 14.2. The number of H-pyrrole nitrogens is 1. The maximum absolute atomic E-state index is 11.5. The van der Waals surface area contributed by atoms with E-state index in [2.05, 4.69) is 15.3 Å². The number of imidazole rings is 1. The minimum atomic E-state index is -1.02. The molecule has 0 atom stereocenters. The summed E-state index contributed by atoms with van der Waals surface area (Å²) in [6.07, 6.45) is 1.82. The Bertz CT molecular complexity index is 911. The molecule has 23 heavy (non-hydrogen) atoms. The second-order valence-electron chi connectivity index (χ2n) is 4.66. The molecule has 0 saturated heterocycles. The molecule has 8 heteroatoms. The molecule has 0 aliphatic carbocycles. The molecule has 1 heterocycles. The van der Waals surface area contributed by atoms with Crippen LogP contribution in [0.25, 0.3) is 11.0 Å². The number of halogens is 2. The number of anilines is 2. The van der Waals surface area contributed by atoms with Crippen molar-refractivity contribution >= 4 is 63.6 Å². The highest BCUT2D eigenvalue weighted by atomic mass is 35.5. The number of aromatic nitrogens is 2. The van der Waals surface area contributed by atoms with Crippen LogP contribution in [0.4, 0.5) is 11.6 Å². The average molecular weight is 368 g/mol. The van der Waals surface area contributed by atoms with E-state index in [-0.39, 0.29) is 5.56 Å². The van der Waals surface area contributed by atoms with E-state index in [0.717, 1.165) is 0 Å². The molecule has 3 rings (SSSR count). The first kappa shape index (κ1) is 16.0. The van der Waals surface area contributed by atoms with E-state index in [0.29, 0.717) is 37.6 Å². The molecule has 0 aliphatic heterocycles. The second kappa shape index (κ2) is 6.31. The predicted octanol–water partition coefficient (Wildman–Crippen LogP) is 5.03. The van der Waals surface area contributed by atoms with E-state index in [1.807, 2.05) is 6.26 Å². The Balaban J connectivity index is 2.08. The van der Waals surface area contributed by atoms with Crippen molar-refractivity contribution in [2.45, 2.75) is 4.90 Å². The third kappa shape index (κ3) is 2.97. The lowest BCUT2D eigenvalue weighted by Gasteiger charge is -2.05. The summed E-state index contributed by atoms with van der Waals surface area (Å²) in [6, 6.07) is 8.75. The van der Waals surface area contributed by atoms with Crippen LogP contribution in [0.15, 0.2) is 35.2 Å². The van der Waals surface area contributed by atoms with E-state index in [9.17, 15) is 9.90 Å². The van der Waals surface area contributed by atoms with Gasteiger partial charge in [0.15, 0.2) is 0 Å². The fourth-order valence-electron chi connectivity index (χ4n) is 2.22. The standard InChI is InChI=1S/C15H11Cl2N3O2S/c1-23-10-6-5-9-13(11(10)14(21)22)20-15(19-9)18-8-4-2-3-7(16)12(8)17/h2-6H,1H3,(H,21,22)(H2,18,19,20). The number of nitrogens with one attached hydrogen (secondary N) is 2. The van der Waals surface area contributed by atoms with E-state index < -0.39 is 5.97 Å². The summed E-state index contributed by atoms with van der Waals surface area (Å²) in [6.45, 7) is 0. The lowest BCUT2D eigenvalue weighted by Crippen LogP contribution is -2.00. The lowest BCUT2D eigenvalue weighted by atomic mass is 10.2. The SMILES string of the molecule is CSc1ccc2[nH]c(Nc3cccc(Cl)c3Cl)nc2c1C(=O)O. The summed E-state index contributed by atoms with van der Waals surface area (Å²) in [5, 5.41) is 13.3. The molecule has 0 spiro atoms. The number of aromatic amines is 1. The van der Waals surface area contributed by atoms with Crippen molar-refractivity contribution < 1.29 is 9.90 Å². The van der Waals surface area contributed by atoms with Gasteiger partial charge in [-0.05, 0) is 30.5 Å². The van der Waals surface area contributed by atoms with Crippen LogP contribution < -0.4 is 5.32 Å². The van der Waals surface area contributed by atoms with E-state index >= 15 is 0 Å². The van der Waals surface area contributed by atoms with Crippen molar-refractivity contribution in [3.05, 3.63) is 45.9 Å². The molecule has 0 saturated carbocycles. The number of hydrogen-bond acceptors (Lipinski definition) is 4. The van der Waals surface area contributed by atoms with Gasteiger partial charge in [-0.2, -0.15) is 0 Å². The highest BCUT2D eigenvalue weighted by molar-refractivity contribution is 7.98. The largest absolute Gasteiger partial charge is 0.478 e. The average Bonchev–Trinajstić information content (AvgIpc) is 2.92. The molecule has 0 aliphatic rings. The first-order valence-corrected chi connectivity index (χ1v) is 8.50. The Hall–Kier alpha value is -1.89. The molecule has 2 aromatic carbocycles. The van der Waals surface area contributed by atoms with Crippen LogP contribution >= 0.6 is 35.0 Å². The summed E-state index contributed by atoms with van der Waals surface area (Å²) in [4.78, 5) is 19.6. The Morgan fingerprint density at radius 1 is 1.30 bits per heavy atom. The van der Waals surface area contributed by atoms with Crippen LogP contribution in [0, 0.1) is 0 Å². The number of fused-ring (bicyclic) bond motifs is 1. The molecule has 0 unspecified atom stereocenters. The molecular formula is C15H11Cl2N3O2S. The summed E-state index contributed by atoms with van der Waals surface area (Å²) in [5.41, 5.74) is 1.78. The minimum Gasteiger partial charge on any atom is -0.478 e. The van der Waals surface area contributed by atoms with E-state index in [1.54, 1.807) is 30.3 Å². The molecule has 0 amide bonds. The van der Waals surface area contributed by atoms with Gasteiger partial charge in [0.05, 0.1) is 21.2 Å². The quantitative estimate of drug-likeness (QED) is 0.563. The number of carboxylic acids is 1. The molecule has 1 aromatic heterocycles. The van der Waals surface area contributed by atoms with Crippen molar-refractivity contribution in [3.8, 4) is 0 Å². The summed E-state index contributed by atoms with van der Waals surface area (Å²) >= 11 is 13.5. The van der Waals surface area contributed by atoms with Crippen molar-refractivity contribution in [2.75, 3.05) is 11.6 Å². The number of carbonyl (C=O) groups is 1. The number of rotatable bonds is 4. The lowest BCUT2D eigenvalue weighted by molar-refractivity contribution is 0.0695. The van der Waals surface area contributed by atoms with Gasteiger partial charge >= 0.3 is 5.97 Å². The van der Waals surface area contributed by atoms with Gasteiger partial charge < -0.3 is 15.4 Å². The van der Waals surface area contributed by atoms with Gasteiger partial charge in [-0.25, -0.2) is 9.78 Å². The molecule has 3 N–H and O–H groups in total. The molecule has 3 aromatic rings. The Kier molecular flexibility index (Phi) is 4.39. The predicted molar refractivity (Wildman–Crippen MR) is 94.6 cm³/mol. The third-order valence-corrected chi connectivity index (χ3v) is 4.85. The fraction of sp³-hybridized carbons (Fsp3) is 0.0667. The Morgan fingerprint density at radius 3 is 2.78 bits per heavy atom. The number of carboxylic acid groups (broad SMARTS) is 1. The monoisotopic (exact) mass is 367 g/mol. The first-order valence-electron chi connectivity index (χ1n) is 6.52. The third-order valence-electron chi connectivity index (χ3n) is 3.25. The molecule has 0 bridgehead atoms. The van der Waals surface area contributed by atoms with Crippen molar-refractivity contribution in [2.24, 2.45) is 0 Å². The van der Waals surface area contributed by atoms with Crippen molar-refractivity contribution in [1.29, 1.82) is 0 Å². The number of benzene rings is 2. The summed E-state index contributed by atoms with van der Waals surface area (Å²) in [7, 11) is 0. The van der Waals surface area contributed by atoms with Crippen LogP contribution in [0.5, 0.6) is 0 Å². The van der Waals surface area contributed by atoms with E-state index in [4.69, 9.17) is 23.2 Å². The number of hydrogen-bond donors (Lipinski definition) is 3. The molecular weight excluding hydrogens is 357 g/mol. The Labute approximate surface area is 146 Å². The Morgan fingerprint density at radius 2 is 2.09 bits per heavy atom. The minimum absolute atomic E-state index is 0.177. The van der Waals surface area contributed by atoms with Gasteiger partial charge in [0.25, 0.3) is 0 Å². The highest BCUT2D eigenvalue weighted by Crippen LogP contribution is 2.33. The fourth-order valence-corrected chi connectivity index (χ4v) is 3.16. The van der Waals surface area contributed by atoms with Crippen molar-refractivity contribution in [1.82, 2.24) is 9.97 Å². The normalized spacial score (nSPS) is 10.9. The van der Waals surface area contributed by atoms with Crippen LogP contribution in [0.1, 0.15) is 10.4 Å². The van der Waals surface area contributed by atoms with Gasteiger partial charge in [-0.1, -0.05) is 29.3 Å². The van der Waals surface area contributed by atoms with Gasteiger partial charge in [-0.3, -0.25) is 0 Å². The molecule has 0 radical (unpaired) electrons. The van der Waals surface area contributed by atoms with Gasteiger partial charge in [-0.15, -0.1) is 11.8 Å². The van der Waals surface area contributed by atoms with Crippen LogP contribution in [-0.2, 0) is 0 Å². The van der Waals surface area contributed by atoms with Crippen LogP contribution in [0.2, 0.25) is 10.0 Å². The maximum atomic E-state index is 11.5. The van der Waals surface area contributed by atoms with Gasteiger partial charge in [0.2, 0.25) is 5.95 Å². The van der Waals surface area contributed by atoms with Gasteiger partial charge in [0, 0.05) is 4.90 Å². The molecule has 118 valence electrons. The summed E-state index contributed by atoms with van der Waals surface area (Å²) < 4.78 is 0. The number of thioether (sulfide) groups is 1. The first-order chi connectivity index (χ1) is 11.0. The maximum Gasteiger partial charge on any atom is 0.339 e. The molecule has 5 nitrogen and oxygen atoms in total.